The molecule has 4 aliphatic carbocycles. The summed E-state index contributed by atoms with van der Waals surface area (Å²) in [6.07, 6.45) is 1.41. The highest BCUT2D eigenvalue weighted by atomic mass is 32.1. The number of pyridine rings is 1. The largest absolute Gasteiger partial charge is 0.479 e. The van der Waals surface area contributed by atoms with Crippen LogP contribution >= 0.6 is 11.3 Å². The Morgan fingerprint density at radius 1 is 0.895 bits per heavy atom. The van der Waals surface area contributed by atoms with Gasteiger partial charge in [-0.2, -0.15) is 5.10 Å². The van der Waals surface area contributed by atoms with Gasteiger partial charge in [-0.05, 0) is 133 Å². The molecule has 3 aromatic carbocycles. The van der Waals surface area contributed by atoms with Crippen LogP contribution in [-0.4, -0.2) is 156 Å². The van der Waals surface area contributed by atoms with Crippen LogP contribution in [0, 0.1) is 23.2 Å². The van der Waals surface area contributed by atoms with Crippen LogP contribution in [0.2, 0.25) is 0 Å². The second-order valence-corrected chi connectivity index (χ2v) is 25.6. The number of nitrogens with one attached hydrogen (secondary N) is 2. The van der Waals surface area contributed by atoms with E-state index >= 15 is 0 Å². The van der Waals surface area contributed by atoms with Gasteiger partial charge in [0, 0.05) is 68.6 Å². The number of nitrogens with two attached hydrogens (primary N) is 1. The van der Waals surface area contributed by atoms with Crippen molar-refractivity contribution < 1.29 is 68.5 Å². The first-order chi connectivity index (χ1) is 41.0. The van der Waals surface area contributed by atoms with Gasteiger partial charge in [-0.15, -0.1) is 0 Å². The van der Waals surface area contributed by atoms with E-state index in [1.165, 1.54) is 28.4 Å². The minimum atomic E-state index is -1.92. The van der Waals surface area contributed by atoms with Crippen molar-refractivity contribution in [2.75, 3.05) is 55.4 Å². The van der Waals surface area contributed by atoms with Crippen LogP contribution in [0.15, 0.2) is 85.1 Å². The van der Waals surface area contributed by atoms with Gasteiger partial charge in [-0.25, -0.2) is 24.4 Å². The predicted molar refractivity (Wildman–Crippen MR) is 318 cm³/mol. The summed E-state index contributed by atoms with van der Waals surface area (Å²) in [6.45, 7) is 8.78. The number of amides is 3. The fourth-order valence-corrected chi connectivity index (χ4v) is 15.7. The number of hydrogen-bond acceptors (Lipinski definition) is 18. The van der Waals surface area contributed by atoms with Crippen molar-refractivity contribution in [3.63, 3.8) is 0 Å². The number of aliphatic carboxylic acids is 1. The third kappa shape index (κ3) is 12.3. The summed E-state index contributed by atoms with van der Waals surface area (Å²) in [4.78, 5) is 77.2. The van der Waals surface area contributed by atoms with Crippen molar-refractivity contribution >= 4 is 74.1 Å². The Balaban J connectivity index is 0.713. The first-order valence-corrected chi connectivity index (χ1v) is 29.6. The summed E-state index contributed by atoms with van der Waals surface area (Å²) >= 11 is 1.41. The molecule has 4 bridgehead atoms. The number of anilines is 3. The maximum atomic E-state index is 13.8. The summed E-state index contributed by atoms with van der Waals surface area (Å²) in [6, 6.07) is 21.7. The monoisotopic (exact) mass is 1200 g/mol. The molecule has 24 heteroatoms. The quantitative estimate of drug-likeness (QED) is 0.0387. The summed E-state index contributed by atoms with van der Waals surface area (Å²) in [5.74, 6) is -3.00. The second kappa shape index (κ2) is 23.8. The molecular weight excluding hydrogens is 1130 g/mol. The molecule has 3 aromatic heterocycles. The lowest BCUT2D eigenvalue weighted by atomic mass is 9.39. The standard InChI is InChI=1S/C62H71N9O14S/c1-35-40(38-15-17-46(67-48(38)54(77)78)70-21-19-37-10-7-11-39(41(37)27-70)53(76)68-57-66-42-12-5-6-13-45(42)86-57)26-64-71(35)34-61-29-59(2)28-60(3,30-61)32-62(31-59,33-61)83-24-22-69(4)58(81)82-23-8-9-36-14-16-44(43(25-36)65-47(72)18-20-63)84-56-51(75)49(73)50(74)52(85-56)55(79)80/h5-17,25-26,49-52,56,73-75H,18-24,27-34,63H2,1-4H3,(H,65,72)(H,77,78)(H,79,80)(H,66,68,76)/b9-8+/t49-,50-,51+,52-,56+,59?,60?,61?,62?/m0/s1. The Bertz CT molecular complexity index is 3590. The number of aliphatic hydroxyl groups excluding tert-OH is 3. The molecule has 6 aromatic rings. The minimum Gasteiger partial charge on any atom is -0.479 e. The second-order valence-electron chi connectivity index (χ2n) is 24.5. The SMILES string of the molecule is Cc1c(-c2ccc(N3CCc4cccc(C(=O)Nc5nc6ccccc6s5)c4C3)nc2C(=O)O)cnn1CC12CC3(C)CC(C)(C1)CC(OCCN(C)C(=O)OC/C=C/c1ccc(O[C@@H]4O[C@H](C(=O)O)[C@@H](O)[C@H](O)[C@H]4O)c(NC(=O)CCN)c1)(C3)C2. The molecule has 454 valence electrons. The fraction of sp³-hybridized carbons (Fsp3) is 0.452. The van der Waals surface area contributed by atoms with Gasteiger partial charge in [0.15, 0.2) is 16.9 Å². The molecule has 5 heterocycles. The molecule has 2 aliphatic heterocycles. The average molecular weight is 1200 g/mol. The Morgan fingerprint density at radius 3 is 2.42 bits per heavy atom. The van der Waals surface area contributed by atoms with Crippen molar-refractivity contribution in [3.8, 4) is 16.9 Å². The van der Waals surface area contributed by atoms with Crippen molar-refractivity contribution in [3.05, 3.63) is 119 Å². The lowest BCUT2D eigenvalue weighted by Crippen LogP contribution is -2.64. The van der Waals surface area contributed by atoms with E-state index in [0.29, 0.717) is 59.3 Å². The van der Waals surface area contributed by atoms with E-state index < -0.39 is 60.2 Å². The predicted octanol–water partition coefficient (Wildman–Crippen LogP) is 6.85. The number of aromatic carboxylic acids is 1. The average Bonchev–Trinajstić information content (AvgIpc) is 0.767. The smallest absolute Gasteiger partial charge is 0.409 e. The van der Waals surface area contributed by atoms with E-state index in [-0.39, 0.29) is 72.0 Å². The van der Waals surface area contributed by atoms with Gasteiger partial charge < -0.3 is 65.3 Å². The molecule has 6 aliphatic rings. The fourth-order valence-electron chi connectivity index (χ4n) is 14.8. The lowest BCUT2D eigenvalue weighted by Gasteiger charge is -2.69. The van der Waals surface area contributed by atoms with Crippen LogP contribution in [-0.2, 0) is 43.3 Å². The van der Waals surface area contributed by atoms with Gasteiger partial charge in [0.2, 0.25) is 12.2 Å². The Morgan fingerprint density at radius 2 is 1.67 bits per heavy atom. The van der Waals surface area contributed by atoms with Crippen LogP contribution < -0.4 is 26.0 Å². The maximum absolute atomic E-state index is 13.8. The molecule has 3 amide bonds. The summed E-state index contributed by atoms with van der Waals surface area (Å²) in [5, 5.41) is 62.2. The highest BCUT2D eigenvalue weighted by Gasteiger charge is 2.66. The topological polar surface area (TPSA) is 324 Å². The zero-order chi connectivity index (χ0) is 60.9. The number of aliphatic hydroxyl groups is 3. The number of carbonyl (C=O) groups is 5. The Kier molecular flexibility index (Phi) is 16.6. The highest BCUT2D eigenvalue weighted by molar-refractivity contribution is 7.22. The molecular formula is C62H71N9O14S. The molecule has 5 fully saturated rings. The van der Waals surface area contributed by atoms with E-state index in [1.54, 1.807) is 37.5 Å². The molecule has 4 saturated carbocycles. The number of para-hydroxylation sites is 1. The molecule has 12 rings (SSSR count). The first kappa shape index (κ1) is 59.9. The summed E-state index contributed by atoms with van der Waals surface area (Å²) in [5.41, 5.74) is 10.8. The van der Waals surface area contributed by atoms with Gasteiger partial charge in [0.1, 0.15) is 36.5 Å². The van der Waals surface area contributed by atoms with Crippen molar-refractivity contribution in [2.45, 2.75) is 122 Å². The normalized spacial score (nSPS) is 26.6. The van der Waals surface area contributed by atoms with E-state index in [4.69, 9.17) is 34.8 Å². The van der Waals surface area contributed by atoms with Crippen LogP contribution in [0.4, 0.5) is 21.4 Å². The number of benzene rings is 3. The van der Waals surface area contributed by atoms with Crippen LogP contribution in [0.25, 0.3) is 27.4 Å². The van der Waals surface area contributed by atoms with E-state index in [2.05, 4.69) is 29.5 Å². The van der Waals surface area contributed by atoms with Crippen LogP contribution in [0.3, 0.4) is 0 Å². The molecule has 2 unspecified atom stereocenters. The minimum absolute atomic E-state index is 0.00678. The maximum Gasteiger partial charge on any atom is 0.409 e. The molecule has 0 spiro atoms. The van der Waals surface area contributed by atoms with Crippen molar-refractivity contribution in [1.82, 2.24) is 24.6 Å². The van der Waals surface area contributed by atoms with Gasteiger partial charge in [0.05, 0.1) is 34.3 Å². The molecule has 0 radical (unpaired) electrons. The van der Waals surface area contributed by atoms with Gasteiger partial charge >= 0.3 is 18.0 Å². The van der Waals surface area contributed by atoms with Crippen LogP contribution in [0.1, 0.15) is 102 Å². The van der Waals surface area contributed by atoms with Gasteiger partial charge in [-0.1, -0.05) is 61.6 Å². The molecule has 7 atom stereocenters. The lowest BCUT2D eigenvalue weighted by molar-refractivity contribution is -0.271. The zero-order valence-electron chi connectivity index (χ0n) is 48.2. The highest BCUT2D eigenvalue weighted by Crippen LogP contribution is 2.72. The number of carboxylic acids is 2. The molecule has 23 nitrogen and oxygen atoms in total. The Hall–Kier alpha value is -7.84. The summed E-state index contributed by atoms with van der Waals surface area (Å²) < 4.78 is 26.5. The van der Waals surface area contributed by atoms with E-state index in [0.717, 1.165) is 65.6 Å². The number of fused-ring (bicyclic) bond motifs is 2. The molecule has 86 heavy (non-hydrogen) atoms. The number of rotatable bonds is 20. The number of likely N-dealkylation sites (N-methyl/N-ethyl adjacent to an activating group) is 1. The number of ether oxygens (including phenoxy) is 4. The number of aromatic nitrogens is 4. The number of thiazole rings is 1. The third-order valence-corrected chi connectivity index (χ3v) is 18.4. The number of nitrogens with zero attached hydrogens (tertiary/aromatic N) is 6. The molecule has 9 N–H and O–H groups in total. The third-order valence-electron chi connectivity index (χ3n) is 17.4. The van der Waals surface area contributed by atoms with Gasteiger partial charge in [-0.3, -0.25) is 19.6 Å². The summed E-state index contributed by atoms with van der Waals surface area (Å²) in [7, 11) is 1.65. The number of hydrogen-bond donors (Lipinski definition) is 8. The van der Waals surface area contributed by atoms with Crippen LogP contribution in [0.5, 0.6) is 5.75 Å². The van der Waals surface area contributed by atoms with Crippen molar-refractivity contribution in [1.29, 1.82) is 0 Å². The van der Waals surface area contributed by atoms with E-state index in [9.17, 15) is 49.5 Å². The number of carbonyl (C=O) groups excluding carboxylic acids is 3. The Labute approximate surface area is 499 Å². The van der Waals surface area contributed by atoms with Crippen molar-refractivity contribution in [2.24, 2.45) is 22.0 Å². The zero-order valence-corrected chi connectivity index (χ0v) is 49.0. The number of carboxylic acid groups (broad SMARTS) is 2. The molecule has 1 saturated heterocycles. The van der Waals surface area contributed by atoms with E-state index in [1.807, 2.05) is 65.0 Å². The van der Waals surface area contributed by atoms with Gasteiger partial charge in [0.25, 0.3) is 5.91 Å². The first-order valence-electron chi connectivity index (χ1n) is 28.8.